The van der Waals surface area contributed by atoms with Crippen LogP contribution in [0.4, 0.5) is 16.6 Å². The molecule has 2 saturated heterocycles. The number of benzene rings is 1. The zero-order valence-corrected chi connectivity index (χ0v) is 23.3. The molecule has 0 radical (unpaired) electrons. The van der Waals surface area contributed by atoms with Crippen LogP contribution in [0.15, 0.2) is 48.7 Å². The first kappa shape index (κ1) is 27.0. The highest BCUT2D eigenvalue weighted by molar-refractivity contribution is 7.22. The number of hydrogen-bond acceptors (Lipinski definition) is 9. The van der Waals surface area contributed by atoms with Crippen LogP contribution in [0.2, 0.25) is 0 Å². The number of nitrogens with two attached hydrogens (primary N) is 1. The Bertz CT molecular complexity index is 1410. The lowest BCUT2D eigenvalue weighted by Gasteiger charge is -2.25. The number of nitrogens with zero attached hydrogens (tertiary/aromatic N) is 5. The maximum atomic E-state index is 13.4. The number of nitrogens with one attached hydrogen (secondary N) is 1. The molecule has 0 aliphatic carbocycles. The summed E-state index contributed by atoms with van der Waals surface area (Å²) in [6, 6.07) is 13.2. The van der Waals surface area contributed by atoms with Gasteiger partial charge in [0.2, 0.25) is 0 Å². The largest absolute Gasteiger partial charge is 0.384 e. The summed E-state index contributed by atoms with van der Waals surface area (Å²) in [6.45, 7) is 10.0. The number of fused-ring (bicyclic) bond motifs is 1. The average Bonchev–Trinajstić information content (AvgIpc) is 3.65. The lowest BCUT2D eigenvalue weighted by atomic mass is 10.1. The fourth-order valence-electron chi connectivity index (χ4n) is 4.79. The Hall–Kier alpha value is -3.60. The third-order valence-electron chi connectivity index (χ3n) is 6.79. The molecule has 1 aromatic carbocycles. The van der Waals surface area contributed by atoms with Gasteiger partial charge in [0.1, 0.15) is 11.5 Å². The maximum absolute atomic E-state index is 13.4. The van der Waals surface area contributed by atoms with E-state index < -0.39 is 0 Å². The molecule has 2 aliphatic rings. The Morgan fingerprint density at radius 2 is 1.85 bits per heavy atom. The molecule has 0 unspecified atom stereocenters. The first-order valence-corrected chi connectivity index (χ1v) is 14.4. The topological polar surface area (TPSA) is 110 Å². The van der Waals surface area contributed by atoms with Crippen LogP contribution in [0.3, 0.4) is 0 Å². The summed E-state index contributed by atoms with van der Waals surface area (Å²) in [7, 11) is 0. The van der Waals surface area contributed by atoms with Crippen molar-refractivity contribution in [2.45, 2.75) is 33.2 Å². The number of anilines is 3. The third kappa shape index (κ3) is 6.35. The van der Waals surface area contributed by atoms with Gasteiger partial charge in [-0.05, 0) is 67.9 Å². The number of carbonyl (C=O) groups is 1. The first-order valence-electron chi connectivity index (χ1n) is 13.6. The lowest BCUT2D eigenvalue weighted by Crippen LogP contribution is -2.36. The quantitative estimate of drug-likeness (QED) is 0.347. The summed E-state index contributed by atoms with van der Waals surface area (Å²) in [5, 5.41) is 4.15. The molecule has 3 aromatic heterocycles. The van der Waals surface area contributed by atoms with Crippen molar-refractivity contribution in [1.29, 1.82) is 0 Å². The Labute approximate surface area is 233 Å². The van der Waals surface area contributed by atoms with Gasteiger partial charge in [-0.1, -0.05) is 31.3 Å². The summed E-state index contributed by atoms with van der Waals surface area (Å²) < 4.78 is 6.56. The number of pyridine rings is 2. The van der Waals surface area contributed by atoms with E-state index in [4.69, 9.17) is 15.5 Å². The number of carbonyl (C=O) groups excluding carboxylic acids is 1. The minimum atomic E-state index is -0.245. The van der Waals surface area contributed by atoms with Crippen molar-refractivity contribution >= 4 is 44.1 Å². The molecule has 9 nitrogen and oxygen atoms in total. The van der Waals surface area contributed by atoms with E-state index in [2.05, 4.69) is 37.2 Å². The summed E-state index contributed by atoms with van der Waals surface area (Å²) in [5.41, 5.74) is 10.4. The highest BCUT2D eigenvalue weighted by Crippen LogP contribution is 2.34. The fraction of sp³-hybridized carbons (Fsp3) is 0.379. The fourth-order valence-corrected chi connectivity index (χ4v) is 5.83. The molecule has 2 fully saturated rings. The average molecular weight is 546 g/mol. The van der Waals surface area contributed by atoms with Gasteiger partial charge in [0, 0.05) is 37.1 Å². The molecule has 3 N–H and O–H groups in total. The van der Waals surface area contributed by atoms with Crippen molar-refractivity contribution in [3.05, 3.63) is 59.9 Å². The Balaban J connectivity index is 0.00000151. The third-order valence-corrected chi connectivity index (χ3v) is 7.87. The summed E-state index contributed by atoms with van der Waals surface area (Å²) in [6.07, 6.45) is 4.08. The second kappa shape index (κ2) is 12.5. The molecular formula is C29H35N7O2S. The molecule has 0 atom stereocenters. The zero-order valence-electron chi connectivity index (χ0n) is 22.5. The number of likely N-dealkylation sites (tertiary alicyclic amines) is 1. The summed E-state index contributed by atoms with van der Waals surface area (Å²) >= 11 is 1.65. The maximum Gasteiger partial charge on any atom is 0.274 e. The number of amides is 1. The van der Waals surface area contributed by atoms with Gasteiger partial charge in [0.25, 0.3) is 5.91 Å². The van der Waals surface area contributed by atoms with Crippen LogP contribution in [-0.2, 0) is 11.3 Å². The minimum absolute atomic E-state index is 0.245. The van der Waals surface area contributed by atoms with Crippen molar-refractivity contribution < 1.29 is 9.53 Å². The van der Waals surface area contributed by atoms with Gasteiger partial charge < -0.3 is 20.7 Å². The second-order valence-corrected chi connectivity index (χ2v) is 10.4. The van der Waals surface area contributed by atoms with Gasteiger partial charge in [-0.15, -0.1) is 0 Å². The van der Waals surface area contributed by atoms with Crippen molar-refractivity contribution in [1.82, 2.24) is 19.9 Å². The molecular weight excluding hydrogens is 510 g/mol. The van der Waals surface area contributed by atoms with E-state index >= 15 is 0 Å². The van der Waals surface area contributed by atoms with Gasteiger partial charge in [-0.3, -0.25) is 9.69 Å². The lowest BCUT2D eigenvalue weighted by molar-refractivity contribution is 0.102. The van der Waals surface area contributed by atoms with Gasteiger partial charge >= 0.3 is 0 Å². The van der Waals surface area contributed by atoms with Crippen LogP contribution in [-0.4, -0.2) is 65.2 Å². The smallest absolute Gasteiger partial charge is 0.274 e. The van der Waals surface area contributed by atoms with E-state index in [1.165, 1.54) is 12.8 Å². The van der Waals surface area contributed by atoms with E-state index in [9.17, 15) is 4.79 Å². The van der Waals surface area contributed by atoms with Crippen LogP contribution >= 0.6 is 11.3 Å². The summed E-state index contributed by atoms with van der Waals surface area (Å²) in [4.78, 5) is 31.7. The van der Waals surface area contributed by atoms with Gasteiger partial charge in [0.05, 0.1) is 29.1 Å². The molecule has 1 amide bonds. The van der Waals surface area contributed by atoms with Crippen LogP contribution in [0.1, 0.15) is 42.7 Å². The van der Waals surface area contributed by atoms with Gasteiger partial charge in [-0.2, -0.15) is 0 Å². The number of ether oxygens (including phenoxy) is 1. The van der Waals surface area contributed by atoms with Crippen LogP contribution in [0.25, 0.3) is 21.5 Å². The van der Waals surface area contributed by atoms with Crippen LogP contribution in [0, 0.1) is 0 Å². The predicted molar refractivity (Wildman–Crippen MR) is 158 cm³/mol. The van der Waals surface area contributed by atoms with Gasteiger partial charge in [-0.25, -0.2) is 15.0 Å². The Morgan fingerprint density at radius 1 is 1.05 bits per heavy atom. The van der Waals surface area contributed by atoms with Crippen LogP contribution < -0.4 is 16.0 Å². The molecule has 4 aromatic rings. The molecule has 204 valence electrons. The standard InChI is InChI=1S/C27H29N7O2S.C2H6/c28-25-7-6-18(16-29-25)20-4-3-5-21(30-20)26(35)31-22-15-24-23(14-19(22)17-33-8-1-2-9-33)32-27(37-24)34-10-12-36-13-11-34;1-2/h3-7,14-16H,1-2,8-13,17H2,(H2,28,29)(H,31,35);1-2H3. The highest BCUT2D eigenvalue weighted by atomic mass is 32.1. The molecule has 0 saturated carbocycles. The minimum Gasteiger partial charge on any atom is -0.384 e. The molecule has 2 aliphatic heterocycles. The van der Waals surface area contributed by atoms with Crippen molar-refractivity contribution in [2.75, 3.05) is 55.3 Å². The SMILES string of the molecule is CC.Nc1ccc(-c2cccc(C(=O)Nc3cc4sc(N5CCOCC5)nc4cc3CN3CCCC3)n2)cn1. The Kier molecular flexibility index (Phi) is 8.65. The normalized spacial score (nSPS) is 15.7. The Morgan fingerprint density at radius 3 is 2.59 bits per heavy atom. The van der Waals surface area contributed by atoms with E-state index in [0.717, 1.165) is 78.1 Å². The van der Waals surface area contributed by atoms with Crippen molar-refractivity contribution in [3.8, 4) is 11.3 Å². The molecule has 0 spiro atoms. The molecule has 5 heterocycles. The monoisotopic (exact) mass is 545 g/mol. The predicted octanol–water partition coefficient (Wildman–Crippen LogP) is 5.05. The van der Waals surface area contributed by atoms with E-state index in [1.54, 1.807) is 29.7 Å². The number of hydrogen-bond donors (Lipinski definition) is 2. The van der Waals surface area contributed by atoms with E-state index in [1.807, 2.05) is 32.0 Å². The molecule has 0 bridgehead atoms. The number of rotatable bonds is 6. The van der Waals surface area contributed by atoms with Crippen molar-refractivity contribution in [2.24, 2.45) is 0 Å². The molecule has 10 heteroatoms. The number of nitrogen functional groups attached to an aromatic ring is 1. The van der Waals surface area contributed by atoms with Gasteiger partial charge in [0.15, 0.2) is 5.13 Å². The number of aromatic nitrogens is 3. The number of thiazole rings is 1. The molecule has 39 heavy (non-hydrogen) atoms. The highest BCUT2D eigenvalue weighted by Gasteiger charge is 2.20. The first-order chi connectivity index (χ1) is 19.1. The van der Waals surface area contributed by atoms with Crippen LogP contribution in [0.5, 0.6) is 0 Å². The van der Waals surface area contributed by atoms with E-state index in [-0.39, 0.29) is 5.91 Å². The second-order valence-electron chi connectivity index (χ2n) is 9.39. The molecule has 6 rings (SSSR count). The summed E-state index contributed by atoms with van der Waals surface area (Å²) in [5.74, 6) is 0.198. The number of morpholine rings is 1. The zero-order chi connectivity index (χ0) is 27.2. The van der Waals surface area contributed by atoms with Crippen molar-refractivity contribution in [3.63, 3.8) is 0 Å². The van der Waals surface area contributed by atoms with E-state index in [0.29, 0.717) is 17.2 Å².